The first-order valence-electron chi connectivity index (χ1n) is 6.31. The maximum absolute atomic E-state index is 10.7. The molecule has 5 N–H and O–H groups in total. The van der Waals surface area contributed by atoms with Crippen LogP contribution in [0.25, 0.3) is 11.0 Å². The van der Waals surface area contributed by atoms with Crippen LogP contribution in [0, 0.1) is 0 Å². The number of aliphatic hydroxyl groups is 1. The van der Waals surface area contributed by atoms with Gasteiger partial charge in [-0.25, -0.2) is 9.97 Å². The summed E-state index contributed by atoms with van der Waals surface area (Å²) in [7, 11) is -4.24. The number of aromatic nitrogens is 3. The monoisotopic (exact) mass is 328 g/mol. The molecule has 0 amide bonds. The summed E-state index contributed by atoms with van der Waals surface area (Å²) < 4.78 is 17.3. The lowest BCUT2D eigenvalue weighted by atomic mass is 10.1. The van der Waals surface area contributed by atoms with Gasteiger partial charge in [0.1, 0.15) is 24.1 Å². The third-order valence-electron chi connectivity index (χ3n) is 3.07. The maximum atomic E-state index is 10.7. The van der Waals surface area contributed by atoms with Gasteiger partial charge in [0.15, 0.2) is 0 Å². The standard InChI is InChI=1S/C12H17N4O5P/c1-8(5-21-7-22(18,19)20)10(4-17)16-3-2-9-11(13)14-6-15-12(9)16/h2-3,6,10,17H,1,4-5,7H2,(H2,13,14,15)(H2,18,19,20). The van der Waals surface area contributed by atoms with E-state index in [9.17, 15) is 9.67 Å². The summed E-state index contributed by atoms with van der Waals surface area (Å²) in [6.07, 6.45) is 2.30. The molecule has 0 saturated heterocycles. The number of ether oxygens (including phenoxy) is 1. The second-order valence-electron chi connectivity index (χ2n) is 4.72. The summed E-state index contributed by atoms with van der Waals surface area (Å²) >= 11 is 0. The van der Waals surface area contributed by atoms with Crippen molar-refractivity contribution >= 4 is 24.4 Å². The molecule has 0 aromatic carbocycles. The van der Waals surface area contributed by atoms with Crippen molar-refractivity contribution in [2.24, 2.45) is 0 Å². The molecule has 2 heterocycles. The lowest BCUT2D eigenvalue weighted by Gasteiger charge is -2.20. The van der Waals surface area contributed by atoms with Crippen LogP contribution in [0.2, 0.25) is 0 Å². The fourth-order valence-corrected chi connectivity index (χ4v) is 2.38. The number of hydrogen-bond acceptors (Lipinski definition) is 6. The van der Waals surface area contributed by atoms with Gasteiger partial charge >= 0.3 is 7.60 Å². The molecule has 0 spiro atoms. The predicted molar refractivity (Wildman–Crippen MR) is 80.1 cm³/mol. The smallest absolute Gasteiger partial charge is 0.350 e. The van der Waals surface area contributed by atoms with Gasteiger partial charge in [-0.1, -0.05) is 6.58 Å². The first-order chi connectivity index (χ1) is 10.3. The first-order valence-corrected chi connectivity index (χ1v) is 8.11. The Kier molecular flexibility index (Phi) is 4.94. The van der Waals surface area contributed by atoms with Crippen molar-refractivity contribution in [3.8, 4) is 0 Å². The van der Waals surface area contributed by atoms with Crippen LogP contribution in [0.5, 0.6) is 0 Å². The first kappa shape index (κ1) is 16.6. The van der Waals surface area contributed by atoms with Gasteiger partial charge < -0.3 is 29.9 Å². The van der Waals surface area contributed by atoms with Crippen molar-refractivity contribution in [2.75, 3.05) is 25.3 Å². The Bertz CT molecular complexity index is 725. The second-order valence-corrected chi connectivity index (χ2v) is 6.31. The highest BCUT2D eigenvalue weighted by atomic mass is 31.2. The molecular weight excluding hydrogens is 311 g/mol. The summed E-state index contributed by atoms with van der Waals surface area (Å²) in [6.45, 7) is 3.42. The quantitative estimate of drug-likeness (QED) is 0.418. The van der Waals surface area contributed by atoms with Crippen LogP contribution in [0.3, 0.4) is 0 Å². The normalized spacial score (nSPS) is 13.4. The number of fused-ring (bicyclic) bond motifs is 1. The molecule has 2 aromatic rings. The molecule has 0 aliphatic rings. The minimum Gasteiger partial charge on any atom is -0.394 e. The van der Waals surface area contributed by atoms with E-state index < -0.39 is 20.0 Å². The Hall–Kier alpha value is -1.77. The molecule has 0 saturated carbocycles. The molecule has 9 nitrogen and oxygen atoms in total. The van der Waals surface area contributed by atoms with Crippen LogP contribution in [-0.2, 0) is 9.30 Å². The van der Waals surface area contributed by atoms with E-state index >= 15 is 0 Å². The van der Waals surface area contributed by atoms with Crippen LogP contribution < -0.4 is 5.73 Å². The van der Waals surface area contributed by atoms with Gasteiger partial charge in [-0.2, -0.15) is 0 Å². The SMILES string of the molecule is C=C(COCP(=O)(O)O)C(CO)n1ccc2c(N)ncnc21. The average molecular weight is 328 g/mol. The minimum absolute atomic E-state index is 0.101. The maximum Gasteiger partial charge on any atom is 0.350 e. The van der Waals surface area contributed by atoms with Crippen LogP contribution in [0.1, 0.15) is 6.04 Å². The van der Waals surface area contributed by atoms with Gasteiger partial charge in [-0.3, -0.25) is 4.57 Å². The van der Waals surface area contributed by atoms with E-state index in [-0.39, 0.29) is 13.2 Å². The molecule has 2 rings (SSSR count). The van der Waals surface area contributed by atoms with Crippen molar-refractivity contribution in [2.45, 2.75) is 6.04 Å². The zero-order valence-corrected chi connectivity index (χ0v) is 12.6. The number of nitrogens with two attached hydrogens (primary N) is 1. The van der Waals surface area contributed by atoms with E-state index in [0.717, 1.165) is 0 Å². The predicted octanol–water partition coefficient (Wildman–Crippen LogP) is 0.255. The molecule has 0 fully saturated rings. The number of hydrogen-bond donors (Lipinski definition) is 4. The van der Waals surface area contributed by atoms with Gasteiger partial charge in [0.2, 0.25) is 0 Å². The van der Waals surface area contributed by atoms with E-state index in [1.54, 1.807) is 16.8 Å². The van der Waals surface area contributed by atoms with Gasteiger partial charge in [0, 0.05) is 6.20 Å². The highest BCUT2D eigenvalue weighted by Gasteiger charge is 2.19. The molecule has 0 aliphatic carbocycles. The topological polar surface area (TPSA) is 144 Å². The largest absolute Gasteiger partial charge is 0.394 e. The minimum atomic E-state index is -4.24. The number of rotatable bonds is 7. The average Bonchev–Trinajstić information content (AvgIpc) is 2.84. The van der Waals surface area contributed by atoms with Crippen LogP contribution in [0.4, 0.5) is 5.82 Å². The van der Waals surface area contributed by atoms with E-state index in [1.807, 2.05) is 0 Å². The highest BCUT2D eigenvalue weighted by Crippen LogP contribution is 2.34. The van der Waals surface area contributed by atoms with E-state index in [0.29, 0.717) is 22.4 Å². The van der Waals surface area contributed by atoms with Gasteiger partial charge in [-0.05, 0) is 11.6 Å². The molecule has 0 bridgehead atoms. The van der Waals surface area contributed by atoms with Gasteiger partial charge in [0.05, 0.1) is 24.6 Å². The van der Waals surface area contributed by atoms with E-state index in [4.69, 9.17) is 20.3 Å². The number of nitrogen functional groups attached to an aromatic ring is 1. The van der Waals surface area contributed by atoms with Crippen molar-refractivity contribution in [3.05, 3.63) is 30.7 Å². The van der Waals surface area contributed by atoms with E-state index in [1.165, 1.54) is 6.33 Å². The summed E-state index contributed by atoms with van der Waals surface area (Å²) in [5.74, 6) is 0.323. The Balaban J connectivity index is 2.18. The number of aliphatic hydroxyl groups excluding tert-OH is 1. The summed E-state index contributed by atoms with van der Waals surface area (Å²) in [5.41, 5.74) is 6.73. The molecular formula is C12H17N4O5P. The Morgan fingerprint density at radius 1 is 1.50 bits per heavy atom. The van der Waals surface area contributed by atoms with Crippen LogP contribution in [0.15, 0.2) is 30.7 Å². The molecule has 0 radical (unpaired) electrons. The van der Waals surface area contributed by atoms with Gasteiger partial charge in [-0.15, -0.1) is 0 Å². The van der Waals surface area contributed by atoms with Crippen LogP contribution in [-0.4, -0.2) is 49.0 Å². The Morgan fingerprint density at radius 3 is 2.86 bits per heavy atom. The second kappa shape index (κ2) is 6.55. The lowest BCUT2D eigenvalue weighted by Crippen LogP contribution is -2.18. The zero-order chi connectivity index (χ0) is 16.3. The molecule has 1 atom stereocenters. The molecule has 120 valence electrons. The van der Waals surface area contributed by atoms with Crippen molar-refractivity contribution < 1.29 is 24.2 Å². The Morgan fingerprint density at radius 2 is 2.23 bits per heavy atom. The summed E-state index contributed by atoms with van der Waals surface area (Å²) in [5, 5.41) is 10.2. The van der Waals surface area contributed by atoms with Crippen molar-refractivity contribution in [3.63, 3.8) is 0 Å². The summed E-state index contributed by atoms with van der Waals surface area (Å²) in [4.78, 5) is 25.5. The lowest BCUT2D eigenvalue weighted by molar-refractivity contribution is 0.163. The molecule has 2 aromatic heterocycles. The zero-order valence-electron chi connectivity index (χ0n) is 11.7. The Labute approximate surface area is 126 Å². The third-order valence-corrected chi connectivity index (χ3v) is 3.59. The molecule has 1 unspecified atom stereocenters. The molecule has 10 heteroatoms. The molecule has 0 aliphatic heterocycles. The van der Waals surface area contributed by atoms with Crippen molar-refractivity contribution in [1.82, 2.24) is 14.5 Å². The third kappa shape index (κ3) is 3.70. The van der Waals surface area contributed by atoms with E-state index in [2.05, 4.69) is 16.5 Å². The summed E-state index contributed by atoms with van der Waals surface area (Å²) in [6, 6.07) is 1.17. The fourth-order valence-electron chi connectivity index (χ4n) is 2.05. The number of anilines is 1. The van der Waals surface area contributed by atoms with Crippen molar-refractivity contribution in [1.29, 1.82) is 0 Å². The van der Waals surface area contributed by atoms with Crippen LogP contribution >= 0.6 is 7.60 Å². The highest BCUT2D eigenvalue weighted by molar-refractivity contribution is 7.51. The fraction of sp³-hybridized carbons (Fsp3) is 0.333. The van der Waals surface area contributed by atoms with Gasteiger partial charge in [0.25, 0.3) is 0 Å². The molecule has 22 heavy (non-hydrogen) atoms. The number of nitrogens with zero attached hydrogens (tertiary/aromatic N) is 3.